The van der Waals surface area contributed by atoms with E-state index < -0.39 is 0 Å². The van der Waals surface area contributed by atoms with Gasteiger partial charge in [0.1, 0.15) is 0 Å². The molecule has 0 aliphatic rings. The summed E-state index contributed by atoms with van der Waals surface area (Å²) >= 11 is 0. The largest absolute Gasteiger partial charge is 0.0649 e. The van der Waals surface area contributed by atoms with E-state index >= 15 is 0 Å². The average Bonchev–Trinajstić information content (AvgIpc) is 2.21. The predicted molar refractivity (Wildman–Crippen MR) is 75.8 cm³/mol. The Morgan fingerprint density at radius 1 is 0.812 bits per heavy atom. The van der Waals surface area contributed by atoms with Crippen LogP contribution in [0, 0.1) is 11.3 Å². The lowest BCUT2D eigenvalue weighted by Crippen LogP contribution is -2.08. The third-order valence-corrected chi connectivity index (χ3v) is 3.84. The van der Waals surface area contributed by atoms with Gasteiger partial charge >= 0.3 is 0 Å². The van der Waals surface area contributed by atoms with Crippen LogP contribution in [-0.4, -0.2) is 0 Å². The van der Waals surface area contributed by atoms with Gasteiger partial charge in [-0.1, -0.05) is 86.0 Å². The Hall–Kier alpha value is 0. The van der Waals surface area contributed by atoms with Gasteiger partial charge in [0, 0.05) is 0 Å². The molecule has 0 saturated heterocycles. The van der Waals surface area contributed by atoms with E-state index in [0.717, 1.165) is 5.92 Å². The van der Waals surface area contributed by atoms with E-state index in [4.69, 9.17) is 0 Å². The molecule has 0 aliphatic carbocycles. The van der Waals surface area contributed by atoms with Crippen LogP contribution in [0.5, 0.6) is 0 Å². The highest BCUT2D eigenvalue weighted by atomic mass is 14.2. The van der Waals surface area contributed by atoms with Crippen LogP contribution in [0.3, 0.4) is 0 Å². The first-order valence-corrected chi connectivity index (χ1v) is 7.48. The van der Waals surface area contributed by atoms with Crippen LogP contribution in [0.15, 0.2) is 0 Å². The summed E-state index contributed by atoms with van der Waals surface area (Å²) in [5, 5.41) is 0. The summed E-state index contributed by atoms with van der Waals surface area (Å²) in [6, 6.07) is 0. The molecule has 0 amide bonds. The fourth-order valence-corrected chi connectivity index (χ4v) is 2.04. The van der Waals surface area contributed by atoms with Gasteiger partial charge in [-0.25, -0.2) is 0 Å². The van der Waals surface area contributed by atoms with Crippen molar-refractivity contribution in [3.63, 3.8) is 0 Å². The van der Waals surface area contributed by atoms with Crippen molar-refractivity contribution in [1.82, 2.24) is 0 Å². The van der Waals surface area contributed by atoms with E-state index in [0.29, 0.717) is 5.41 Å². The summed E-state index contributed by atoms with van der Waals surface area (Å²) in [4.78, 5) is 0. The standard InChI is InChI=1S/C16H34/c1-6-16(4,5)14-12-10-8-7-9-11-13-15(2)3/h15H,6-14H2,1-5H3. The first-order valence-electron chi connectivity index (χ1n) is 7.48. The highest BCUT2D eigenvalue weighted by Crippen LogP contribution is 2.27. The molecular formula is C16H34. The van der Waals surface area contributed by atoms with Crippen molar-refractivity contribution in [1.29, 1.82) is 0 Å². The Morgan fingerprint density at radius 3 is 1.81 bits per heavy atom. The smallest absolute Gasteiger partial charge is 0.0357 e. The average molecular weight is 226 g/mol. The Kier molecular flexibility index (Phi) is 9.07. The van der Waals surface area contributed by atoms with Gasteiger partial charge in [-0.2, -0.15) is 0 Å². The minimum Gasteiger partial charge on any atom is -0.0649 e. The van der Waals surface area contributed by atoms with Crippen molar-refractivity contribution in [2.75, 3.05) is 0 Å². The highest BCUT2D eigenvalue weighted by molar-refractivity contribution is 4.65. The lowest BCUT2D eigenvalue weighted by atomic mass is 9.84. The van der Waals surface area contributed by atoms with Crippen LogP contribution >= 0.6 is 0 Å². The quantitative estimate of drug-likeness (QED) is 0.389. The second-order valence-corrected chi connectivity index (χ2v) is 6.57. The zero-order valence-electron chi connectivity index (χ0n) is 12.4. The lowest BCUT2D eigenvalue weighted by molar-refractivity contribution is 0.307. The summed E-state index contributed by atoms with van der Waals surface area (Å²) in [6.07, 6.45) is 12.8. The van der Waals surface area contributed by atoms with Gasteiger partial charge in [-0.05, 0) is 17.8 Å². The van der Waals surface area contributed by atoms with Gasteiger partial charge in [-0.15, -0.1) is 0 Å². The number of rotatable bonds is 10. The second kappa shape index (κ2) is 9.07. The fourth-order valence-electron chi connectivity index (χ4n) is 2.04. The Labute approximate surface area is 104 Å². The summed E-state index contributed by atoms with van der Waals surface area (Å²) < 4.78 is 0. The van der Waals surface area contributed by atoms with Crippen molar-refractivity contribution in [2.45, 2.75) is 92.4 Å². The van der Waals surface area contributed by atoms with Gasteiger partial charge in [0.25, 0.3) is 0 Å². The van der Waals surface area contributed by atoms with Crippen LogP contribution in [-0.2, 0) is 0 Å². The van der Waals surface area contributed by atoms with Crippen LogP contribution in [0.2, 0.25) is 0 Å². The van der Waals surface area contributed by atoms with E-state index in [-0.39, 0.29) is 0 Å². The van der Waals surface area contributed by atoms with Gasteiger partial charge < -0.3 is 0 Å². The second-order valence-electron chi connectivity index (χ2n) is 6.57. The monoisotopic (exact) mass is 226 g/mol. The van der Waals surface area contributed by atoms with E-state index in [9.17, 15) is 0 Å². The number of unbranched alkanes of at least 4 members (excludes halogenated alkanes) is 5. The Bertz CT molecular complexity index is 144. The van der Waals surface area contributed by atoms with Gasteiger partial charge in [0.15, 0.2) is 0 Å². The van der Waals surface area contributed by atoms with E-state index in [1.165, 1.54) is 57.8 Å². The molecule has 16 heavy (non-hydrogen) atoms. The first kappa shape index (κ1) is 16.0. The normalized spacial score (nSPS) is 12.4. The zero-order valence-corrected chi connectivity index (χ0v) is 12.4. The van der Waals surface area contributed by atoms with Crippen LogP contribution in [0.4, 0.5) is 0 Å². The molecule has 0 aromatic rings. The third-order valence-electron chi connectivity index (χ3n) is 3.84. The molecule has 0 saturated carbocycles. The van der Waals surface area contributed by atoms with Crippen molar-refractivity contribution >= 4 is 0 Å². The fraction of sp³-hybridized carbons (Fsp3) is 1.00. The predicted octanol–water partition coefficient (Wildman–Crippen LogP) is 6.20. The molecule has 0 heteroatoms. The molecule has 0 fully saturated rings. The van der Waals surface area contributed by atoms with Crippen molar-refractivity contribution in [3.05, 3.63) is 0 Å². The minimum absolute atomic E-state index is 0.581. The van der Waals surface area contributed by atoms with E-state index in [1.54, 1.807) is 0 Å². The van der Waals surface area contributed by atoms with Crippen LogP contribution < -0.4 is 0 Å². The molecule has 0 aromatic carbocycles. The molecule has 0 spiro atoms. The molecule has 0 unspecified atom stereocenters. The SMILES string of the molecule is CCC(C)(C)CCCCCCCCC(C)C. The van der Waals surface area contributed by atoms with Crippen molar-refractivity contribution in [2.24, 2.45) is 11.3 Å². The molecule has 0 N–H and O–H groups in total. The molecule has 0 atom stereocenters. The van der Waals surface area contributed by atoms with Gasteiger partial charge in [0.05, 0.1) is 0 Å². The molecule has 0 rings (SSSR count). The maximum atomic E-state index is 2.40. The molecule has 0 bridgehead atoms. The van der Waals surface area contributed by atoms with Crippen LogP contribution in [0.25, 0.3) is 0 Å². The number of hydrogen-bond acceptors (Lipinski definition) is 0. The van der Waals surface area contributed by atoms with E-state index in [1.807, 2.05) is 0 Å². The van der Waals surface area contributed by atoms with Crippen molar-refractivity contribution in [3.8, 4) is 0 Å². The number of hydrogen-bond donors (Lipinski definition) is 0. The lowest BCUT2D eigenvalue weighted by Gasteiger charge is -2.22. The Morgan fingerprint density at radius 2 is 1.31 bits per heavy atom. The molecule has 0 nitrogen and oxygen atoms in total. The third kappa shape index (κ3) is 10.5. The van der Waals surface area contributed by atoms with Crippen LogP contribution in [0.1, 0.15) is 92.4 Å². The summed E-state index contributed by atoms with van der Waals surface area (Å²) in [7, 11) is 0. The maximum absolute atomic E-state index is 2.40. The molecule has 0 heterocycles. The summed E-state index contributed by atoms with van der Waals surface area (Å²) in [6.45, 7) is 11.8. The maximum Gasteiger partial charge on any atom is -0.0357 e. The highest BCUT2D eigenvalue weighted by Gasteiger charge is 2.13. The zero-order chi connectivity index (χ0) is 12.4. The molecular weight excluding hydrogens is 192 g/mol. The van der Waals surface area contributed by atoms with Gasteiger partial charge in [0.2, 0.25) is 0 Å². The molecule has 0 aromatic heterocycles. The summed E-state index contributed by atoms with van der Waals surface area (Å²) in [5.74, 6) is 0.894. The minimum atomic E-state index is 0.581. The first-order chi connectivity index (χ1) is 7.48. The Balaban J connectivity index is 3.16. The van der Waals surface area contributed by atoms with E-state index in [2.05, 4.69) is 34.6 Å². The topological polar surface area (TPSA) is 0 Å². The van der Waals surface area contributed by atoms with Crippen molar-refractivity contribution < 1.29 is 0 Å². The molecule has 98 valence electrons. The van der Waals surface area contributed by atoms with Gasteiger partial charge in [-0.3, -0.25) is 0 Å². The molecule has 0 aliphatic heterocycles. The molecule has 0 radical (unpaired) electrons. The summed E-state index contributed by atoms with van der Waals surface area (Å²) in [5.41, 5.74) is 0.581.